The molecule has 0 aliphatic rings. The first-order chi connectivity index (χ1) is 13.9. The number of nitrogens with one attached hydrogen (secondary N) is 3. The highest BCUT2D eigenvalue weighted by Crippen LogP contribution is 2.22. The Kier molecular flexibility index (Phi) is 8.39. The van der Waals surface area contributed by atoms with E-state index in [9.17, 15) is 13.6 Å². The number of carbonyl (C=O) groups is 1. The molecule has 0 saturated heterocycles. The molecular formula is C21H26F2N4O2. The van der Waals surface area contributed by atoms with Gasteiger partial charge >= 0.3 is 6.61 Å². The molecule has 0 fully saturated rings. The van der Waals surface area contributed by atoms with E-state index in [1.165, 1.54) is 6.07 Å². The van der Waals surface area contributed by atoms with Crippen LogP contribution >= 0.6 is 0 Å². The summed E-state index contributed by atoms with van der Waals surface area (Å²) in [6.45, 7) is 2.20. The van der Waals surface area contributed by atoms with Crippen LogP contribution in [0, 0.1) is 6.92 Å². The van der Waals surface area contributed by atoms with Crippen LogP contribution in [-0.4, -0.2) is 32.1 Å². The fourth-order valence-electron chi connectivity index (χ4n) is 2.70. The van der Waals surface area contributed by atoms with Gasteiger partial charge in [-0.1, -0.05) is 29.8 Å². The van der Waals surface area contributed by atoms with Crippen molar-refractivity contribution in [2.45, 2.75) is 33.5 Å². The molecule has 6 nitrogen and oxygen atoms in total. The van der Waals surface area contributed by atoms with Crippen molar-refractivity contribution in [3.63, 3.8) is 0 Å². The molecule has 0 radical (unpaired) electrons. The van der Waals surface area contributed by atoms with Crippen molar-refractivity contribution >= 4 is 11.9 Å². The molecule has 2 rings (SSSR count). The van der Waals surface area contributed by atoms with Gasteiger partial charge in [0.15, 0.2) is 5.96 Å². The molecule has 2 aromatic carbocycles. The Labute approximate surface area is 169 Å². The number of rotatable bonds is 8. The van der Waals surface area contributed by atoms with Crippen LogP contribution < -0.4 is 20.7 Å². The second kappa shape index (κ2) is 11.0. The molecule has 0 saturated carbocycles. The number of aryl methyl sites for hydroxylation is 1. The fourth-order valence-corrected chi connectivity index (χ4v) is 2.70. The normalized spacial score (nSPS) is 11.3. The van der Waals surface area contributed by atoms with Gasteiger partial charge in [0.05, 0.1) is 6.54 Å². The summed E-state index contributed by atoms with van der Waals surface area (Å²) in [4.78, 5) is 16.3. The lowest BCUT2D eigenvalue weighted by Crippen LogP contribution is -2.37. The van der Waals surface area contributed by atoms with E-state index in [1.807, 2.05) is 19.9 Å². The number of ether oxygens (including phenoxy) is 1. The molecule has 156 valence electrons. The van der Waals surface area contributed by atoms with Crippen LogP contribution in [0.3, 0.4) is 0 Å². The van der Waals surface area contributed by atoms with Crippen LogP contribution in [0.1, 0.15) is 34.0 Å². The summed E-state index contributed by atoms with van der Waals surface area (Å²) in [5.74, 6) is 0.501. The first kappa shape index (κ1) is 22.1. The van der Waals surface area contributed by atoms with Gasteiger partial charge in [-0.05, 0) is 37.6 Å². The number of hydrogen-bond acceptors (Lipinski definition) is 3. The summed E-state index contributed by atoms with van der Waals surface area (Å²) in [6.07, 6.45) is 0. The lowest BCUT2D eigenvalue weighted by atomic mass is 10.1. The van der Waals surface area contributed by atoms with E-state index in [2.05, 4.69) is 25.7 Å². The Morgan fingerprint density at radius 1 is 1.17 bits per heavy atom. The van der Waals surface area contributed by atoms with Crippen molar-refractivity contribution in [2.75, 3.05) is 13.6 Å². The molecule has 29 heavy (non-hydrogen) atoms. The molecule has 0 atom stereocenters. The van der Waals surface area contributed by atoms with Crippen molar-refractivity contribution in [1.29, 1.82) is 0 Å². The van der Waals surface area contributed by atoms with Crippen molar-refractivity contribution < 1.29 is 18.3 Å². The molecule has 0 aromatic heterocycles. The Morgan fingerprint density at radius 2 is 1.97 bits per heavy atom. The molecule has 0 spiro atoms. The Bertz CT molecular complexity index is 856. The molecule has 0 unspecified atom stereocenters. The Balaban J connectivity index is 2.11. The molecule has 3 N–H and O–H groups in total. The number of benzene rings is 2. The largest absolute Gasteiger partial charge is 0.434 e. The molecule has 0 heterocycles. The van der Waals surface area contributed by atoms with Gasteiger partial charge < -0.3 is 20.7 Å². The van der Waals surface area contributed by atoms with Gasteiger partial charge in [-0.25, -0.2) is 4.99 Å². The average Bonchev–Trinajstić information content (AvgIpc) is 2.71. The van der Waals surface area contributed by atoms with E-state index in [0.717, 1.165) is 11.1 Å². The summed E-state index contributed by atoms with van der Waals surface area (Å²) in [7, 11) is 1.58. The number of amides is 1. The van der Waals surface area contributed by atoms with E-state index in [-0.39, 0.29) is 18.2 Å². The lowest BCUT2D eigenvalue weighted by Gasteiger charge is -2.15. The molecular weight excluding hydrogens is 378 g/mol. The maximum atomic E-state index is 12.6. The quantitative estimate of drug-likeness (QED) is 0.467. The van der Waals surface area contributed by atoms with Crippen LogP contribution in [0.15, 0.2) is 47.5 Å². The van der Waals surface area contributed by atoms with Crippen LogP contribution in [0.2, 0.25) is 0 Å². The number of nitrogens with zero attached hydrogens (tertiary/aromatic N) is 1. The zero-order valence-corrected chi connectivity index (χ0v) is 16.8. The lowest BCUT2D eigenvalue weighted by molar-refractivity contribution is -0.0504. The highest BCUT2D eigenvalue weighted by molar-refractivity contribution is 5.94. The smallest absolute Gasteiger partial charge is 0.387 e. The number of halogens is 2. The third kappa shape index (κ3) is 7.06. The van der Waals surface area contributed by atoms with Crippen molar-refractivity contribution in [3.05, 3.63) is 64.7 Å². The third-order valence-corrected chi connectivity index (χ3v) is 4.06. The minimum Gasteiger partial charge on any atom is -0.434 e. The molecule has 0 bridgehead atoms. The minimum atomic E-state index is -2.88. The van der Waals surface area contributed by atoms with Gasteiger partial charge in [0.25, 0.3) is 5.91 Å². The van der Waals surface area contributed by atoms with Crippen molar-refractivity contribution in [2.24, 2.45) is 4.99 Å². The Morgan fingerprint density at radius 3 is 2.66 bits per heavy atom. The average molecular weight is 404 g/mol. The van der Waals surface area contributed by atoms with Gasteiger partial charge in [0.1, 0.15) is 5.75 Å². The molecule has 1 amide bonds. The highest BCUT2D eigenvalue weighted by Gasteiger charge is 2.11. The van der Waals surface area contributed by atoms with E-state index in [4.69, 9.17) is 0 Å². The molecule has 8 heteroatoms. The zero-order chi connectivity index (χ0) is 21.2. The molecule has 2 aromatic rings. The second-order valence-corrected chi connectivity index (χ2v) is 6.32. The predicted molar refractivity (Wildman–Crippen MR) is 109 cm³/mol. The summed E-state index contributed by atoms with van der Waals surface area (Å²) in [6, 6.07) is 12.2. The van der Waals surface area contributed by atoms with Gasteiger partial charge in [-0.15, -0.1) is 0 Å². The van der Waals surface area contributed by atoms with E-state index in [0.29, 0.717) is 30.2 Å². The standard InChI is InChI=1S/C21H26F2N4O2/c1-4-25-21(26-12-15-6-5-7-16(11-15)19(28)24-3)27-13-17-10-14(2)8-9-18(17)29-20(22)23/h5-11,20H,4,12-13H2,1-3H3,(H,24,28)(H2,25,26,27). The van der Waals surface area contributed by atoms with Crippen LogP contribution in [0.5, 0.6) is 5.75 Å². The number of alkyl halides is 2. The fraction of sp³-hybridized carbons (Fsp3) is 0.333. The topological polar surface area (TPSA) is 74.8 Å². The Hall–Kier alpha value is -3.16. The van der Waals surface area contributed by atoms with Gasteiger partial charge in [-0.3, -0.25) is 4.79 Å². The van der Waals surface area contributed by atoms with Gasteiger partial charge in [-0.2, -0.15) is 8.78 Å². The maximum absolute atomic E-state index is 12.6. The first-order valence-corrected chi connectivity index (χ1v) is 9.30. The van der Waals surface area contributed by atoms with Crippen LogP contribution in [-0.2, 0) is 13.1 Å². The monoisotopic (exact) mass is 404 g/mol. The summed E-state index contributed by atoms with van der Waals surface area (Å²) < 4.78 is 29.9. The number of guanidine groups is 1. The number of hydrogen-bond donors (Lipinski definition) is 3. The number of carbonyl (C=O) groups excluding carboxylic acids is 1. The van der Waals surface area contributed by atoms with Crippen molar-refractivity contribution in [3.8, 4) is 5.75 Å². The minimum absolute atomic E-state index is 0.132. The highest BCUT2D eigenvalue weighted by atomic mass is 19.3. The van der Waals surface area contributed by atoms with E-state index >= 15 is 0 Å². The van der Waals surface area contributed by atoms with Gasteiger partial charge in [0, 0.05) is 31.3 Å². The molecule has 0 aliphatic carbocycles. The third-order valence-electron chi connectivity index (χ3n) is 4.06. The maximum Gasteiger partial charge on any atom is 0.387 e. The number of aliphatic imine (C=N–C) groups is 1. The zero-order valence-electron chi connectivity index (χ0n) is 16.8. The van der Waals surface area contributed by atoms with E-state index in [1.54, 1.807) is 37.4 Å². The van der Waals surface area contributed by atoms with Gasteiger partial charge in [0.2, 0.25) is 0 Å². The van der Waals surface area contributed by atoms with E-state index < -0.39 is 6.61 Å². The van der Waals surface area contributed by atoms with Crippen LogP contribution in [0.4, 0.5) is 8.78 Å². The molecule has 0 aliphatic heterocycles. The summed E-state index contributed by atoms with van der Waals surface area (Å²) in [5.41, 5.74) is 2.99. The first-order valence-electron chi connectivity index (χ1n) is 9.30. The van der Waals surface area contributed by atoms with Crippen molar-refractivity contribution in [1.82, 2.24) is 16.0 Å². The summed E-state index contributed by atoms with van der Waals surface area (Å²) >= 11 is 0. The second-order valence-electron chi connectivity index (χ2n) is 6.32. The van der Waals surface area contributed by atoms with Crippen LogP contribution in [0.25, 0.3) is 0 Å². The SMILES string of the molecule is CCNC(=NCc1cccc(C(=O)NC)c1)NCc1cc(C)ccc1OC(F)F. The summed E-state index contributed by atoms with van der Waals surface area (Å²) in [5, 5.41) is 8.84. The predicted octanol–water partition coefficient (Wildman–Crippen LogP) is 3.21.